The molecule has 6 aromatic rings. The van der Waals surface area contributed by atoms with Crippen molar-refractivity contribution in [2.24, 2.45) is 9.83 Å². The Balaban J connectivity index is 0.00000661. The van der Waals surface area contributed by atoms with Crippen LogP contribution in [0.4, 0.5) is 0 Å². The Labute approximate surface area is 387 Å². The van der Waals surface area contributed by atoms with Gasteiger partial charge in [-0.3, -0.25) is 0 Å². The molecule has 0 saturated heterocycles. The molecule has 0 fully saturated rings. The van der Waals surface area contributed by atoms with Gasteiger partial charge in [-0.1, -0.05) is 242 Å². The van der Waals surface area contributed by atoms with Gasteiger partial charge >= 0.3 is 0 Å². The summed E-state index contributed by atoms with van der Waals surface area (Å²) in [7, 11) is -9.73. The smallest absolute Gasteiger partial charge is 0.203 e. The number of hydrogen-bond donors (Lipinski definition) is 0. The summed E-state index contributed by atoms with van der Waals surface area (Å²) >= 11 is 0. The topological polar surface area (TPSA) is 12.4 Å². The molecule has 8 heteroatoms. The van der Waals surface area contributed by atoms with Crippen LogP contribution in [0.2, 0.25) is 58.9 Å². The molecule has 0 aliphatic rings. The monoisotopic (exact) mass is 958 g/mol. The average Bonchev–Trinajstić information content (AvgIpc) is 3.18. The second-order valence-corrected chi connectivity index (χ2v) is 50.4. The van der Waals surface area contributed by atoms with E-state index in [9.17, 15) is 0 Å². The molecule has 1 nitrogen and oxygen atoms in total. The van der Waals surface area contributed by atoms with Crippen molar-refractivity contribution in [1.29, 1.82) is 0 Å². The molecule has 0 atom stereocenters. The van der Waals surface area contributed by atoms with Crippen LogP contribution in [0.3, 0.4) is 0 Å². The van der Waals surface area contributed by atoms with Crippen molar-refractivity contribution in [3.05, 3.63) is 187 Å². The summed E-state index contributed by atoms with van der Waals surface area (Å²) in [5.74, 6) is 0. The molecule has 0 aliphatic heterocycles. The Morgan fingerprint density at radius 3 is 1.00 bits per heavy atom. The molecule has 0 N–H and O–H groups in total. The number of benzene rings is 6. The predicted molar refractivity (Wildman–Crippen MR) is 277 cm³/mol. The summed E-state index contributed by atoms with van der Waals surface area (Å²) in [5, 5.41) is 10.5. The van der Waals surface area contributed by atoms with E-state index in [-0.39, 0.29) is 38.1 Å². The molecular formula is C51H66NP3Si3Y. The molecule has 0 aromatic heterocycles. The fourth-order valence-corrected chi connectivity index (χ4v) is 58.8. The van der Waals surface area contributed by atoms with E-state index < -0.39 is 44.8 Å². The van der Waals surface area contributed by atoms with Gasteiger partial charge in [0.25, 0.3) is 0 Å². The van der Waals surface area contributed by atoms with E-state index >= 15 is 0 Å². The molecule has 1 radical (unpaired) electrons. The van der Waals surface area contributed by atoms with Crippen molar-refractivity contribution in [1.82, 2.24) is 0 Å². The summed E-state index contributed by atoms with van der Waals surface area (Å²) in [5.41, 5.74) is -0.125. The van der Waals surface area contributed by atoms with Gasteiger partial charge in [0, 0.05) is 32.7 Å². The van der Waals surface area contributed by atoms with E-state index in [0.717, 1.165) is 0 Å². The first kappa shape index (κ1) is 48.1. The van der Waals surface area contributed by atoms with Gasteiger partial charge in [-0.15, -0.1) is 6.89 Å². The van der Waals surface area contributed by atoms with E-state index in [1.807, 2.05) is 0 Å². The molecule has 6 rings (SSSR count). The van der Waals surface area contributed by atoms with Crippen molar-refractivity contribution in [3.63, 3.8) is 0 Å². The molecule has 0 aliphatic carbocycles. The molecule has 0 heterocycles. The Kier molecular flexibility index (Phi) is 15.3. The molecule has 305 valence electrons. The summed E-state index contributed by atoms with van der Waals surface area (Å²) in [4.78, 5) is 1.77. The Morgan fingerprint density at radius 1 is 0.458 bits per heavy atom. The molecule has 0 amide bonds. The first-order chi connectivity index (χ1) is 27.3. The Bertz CT molecular complexity index is 2240. The fourth-order valence-electron chi connectivity index (χ4n) is 9.87. The van der Waals surface area contributed by atoms with Crippen LogP contribution in [-0.4, -0.2) is 29.0 Å². The van der Waals surface area contributed by atoms with Crippen LogP contribution in [-0.2, 0) is 32.7 Å². The maximum Gasteiger partial charge on any atom is 0.203 e. The third-order valence-corrected chi connectivity index (χ3v) is 46.0. The molecule has 0 bridgehead atoms. The van der Waals surface area contributed by atoms with Gasteiger partial charge in [0.05, 0.1) is 18.7 Å². The minimum atomic E-state index is -2.89. The predicted octanol–water partition coefficient (Wildman–Crippen LogP) is 13.4. The zero-order chi connectivity index (χ0) is 42.0. The Morgan fingerprint density at radius 2 is 0.746 bits per heavy atom. The van der Waals surface area contributed by atoms with E-state index in [4.69, 9.17) is 4.41 Å². The quantitative estimate of drug-likeness (QED) is 0.0658. The van der Waals surface area contributed by atoms with E-state index in [1.54, 1.807) is 10.1 Å². The molecular weight excluding hydrogens is 893 g/mol. The second kappa shape index (κ2) is 18.8. The maximum atomic E-state index is 6.77. The van der Waals surface area contributed by atoms with Crippen molar-refractivity contribution < 1.29 is 32.7 Å². The van der Waals surface area contributed by atoms with E-state index in [1.165, 1.54) is 31.8 Å². The van der Waals surface area contributed by atoms with Gasteiger partial charge in [0.2, 0.25) is 7.74 Å². The molecule has 0 unspecified atom stereocenters. The maximum absolute atomic E-state index is 6.77. The summed E-state index contributed by atoms with van der Waals surface area (Å²) in [6.07, 6.45) is 0. The first-order valence-corrected chi connectivity index (χ1v) is 37.5. The van der Waals surface area contributed by atoms with Crippen LogP contribution in [0.15, 0.2) is 186 Å². The molecule has 6 aromatic carbocycles. The average molecular weight is 959 g/mol. The van der Waals surface area contributed by atoms with Gasteiger partial charge in [0.1, 0.15) is 0 Å². The SMILES string of the molecule is CC(C)(C)C([Si](C)(C)C)=P(c1ccccc1)(c1ccccc1)[C-](P(=N[Si](C)(C)C)(c1ccccc1)c1ccccc1)[P+](c1ccccc1)(c1ccccc1)[Si](C)(C)C.[Y]. The van der Waals surface area contributed by atoms with Crippen LogP contribution >= 0.6 is 20.8 Å². The van der Waals surface area contributed by atoms with Crippen molar-refractivity contribution in [2.75, 3.05) is 0 Å². The van der Waals surface area contributed by atoms with Gasteiger partial charge < -0.3 is 4.41 Å². The third-order valence-electron chi connectivity index (χ3n) is 10.9. The van der Waals surface area contributed by atoms with Gasteiger partial charge in [-0.05, 0) is 70.5 Å². The standard InChI is InChI=1S/C51H66NP3Si3.Y/c1-51(2,3)49(56(4,5)6)53(43-31-19-13-20-32-43,44-33-21-14-22-34-44)50(55(58(10,11)12,47-39-27-17-28-40-47)48-41-29-18-30-42-48)54(52-57(7,8)9,45-35-23-15-24-36-45)46-37-25-16-26-38-46;/h13-42H,1-12H3;. The first-order valence-electron chi connectivity index (χ1n) is 20.8. The van der Waals surface area contributed by atoms with Gasteiger partial charge in [-0.25, -0.2) is 0 Å². The van der Waals surface area contributed by atoms with Gasteiger partial charge in [-0.2, -0.15) is 0 Å². The van der Waals surface area contributed by atoms with Crippen LogP contribution in [0.1, 0.15) is 20.8 Å². The Hall–Kier alpha value is -1.97. The molecule has 0 saturated carbocycles. The largest absolute Gasteiger partial charge is 0.356 e. The van der Waals surface area contributed by atoms with E-state index in [0.29, 0.717) is 0 Å². The van der Waals surface area contributed by atoms with Crippen molar-refractivity contribution >= 4 is 81.5 Å². The molecule has 59 heavy (non-hydrogen) atoms. The zero-order valence-electron chi connectivity index (χ0n) is 37.7. The van der Waals surface area contributed by atoms with Gasteiger partial charge in [0.15, 0.2) is 8.24 Å². The summed E-state index contributed by atoms with van der Waals surface area (Å²) in [6.45, 7) is 25.7. The van der Waals surface area contributed by atoms with Crippen molar-refractivity contribution in [2.45, 2.75) is 79.7 Å². The zero-order valence-corrected chi connectivity index (χ0v) is 46.2. The molecule has 0 spiro atoms. The normalized spacial score (nSPS) is 13.1. The van der Waals surface area contributed by atoms with E-state index in [2.05, 4.69) is 262 Å². The number of hydrogen-bond acceptors (Lipinski definition) is 1. The minimum absolute atomic E-state index is 0. The van der Waals surface area contributed by atoms with Crippen LogP contribution in [0.25, 0.3) is 0 Å². The number of rotatable bonds is 12. The second-order valence-electron chi connectivity index (χ2n) is 19.6. The van der Waals surface area contributed by atoms with Crippen LogP contribution in [0.5, 0.6) is 0 Å². The van der Waals surface area contributed by atoms with Crippen LogP contribution < -0.4 is 31.8 Å². The van der Waals surface area contributed by atoms with Crippen molar-refractivity contribution in [3.8, 4) is 0 Å². The minimum Gasteiger partial charge on any atom is -0.356 e. The summed E-state index contributed by atoms with van der Waals surface area (Å²) < 4.78 is 6.77. The summed E-state index contributed by atoms with van der Waals surface area (Å²) in [6, 6.07) is 71.2. The third kappa shape index (κ3) is 9.24. The van der Waals surface area contributed by atoms with Crippen LogP contribution in [0, 0.1) is 10.6 Å². The fraction of sp³-hybridized carbons (Fsp3) is 0.255. The number of nitrogens with zero attached hydrogens (tertiary/aromatic N) is 1.